The van der Waals surface area contributed by atoms with Crippen molar-refractivity contribution in [3.8, 4) is 0 Å². The molecule has 3 rings (SSSR count). The molecule has 0 radical (unpaired) electrons. The largest absolute Gasteiger partial charge is 0.345 e. The van der Waals surface area contributed by atoms with Gasteiger partial charge in [-0.05, 0) is 49.4 Å². The fraction of sp³-hybridized carbons (Fsp3) is 0.0952. The first-order valence-electron chi connectivity index (χ1n) is 8.70. The molecule has 8 heteroatoms. The number of benzene rings is 3. The lowest BCUT2D eigenvalue weighted by molar-refractivity contribution is 0.0939. The summed E-state index contributed by atoms with van der Waals surface area (Å²) in [6.45, 7) is 1.57. The number of hydrogen-bond acceptors (Lipinski definition) is 3. The van der Waals surface area contributed by atoms with Crippen molar-refractivity contribution in [3.05, 3.63) is 95.6 Å². The van der Waals surface area contributed by atoms with Gasteiger partial charge in [0.15, 0.2) is 0 Å². The molecule has 3 aromatic carbocycles. The maximum Gasteiger partial charge on any atom is 0.261 e. The zero-order chi connectivity index (χ0) is 21.0. The van der Waals surface area contributed by atoms with E-state index in [0.29, 0.717) is 5.69 Å². The quantitative estimate of drug-likeness (QED) is 0.631. The first-order chi connectivity index (χ1) is 13.8. The van der Waals surface area contributed by atoms with Gasteiger partial charge in [0.05, 0.1) is 10.9 Å². The molecular weight excluding hydrogens is 398 g/mol. The van der Waals surface area contributed by atoms with Crippen LogP contribution in [0, 0.1) is 11.6 Å². The Labute approximate surface area is 167 Å². The monoisotopic (exact) mass is 416 g/mol. The molecule has 2 N–H and O–H groups in total. The maximum atomic E-state index is 13.9. The van der Waals surface area contributed by atoms with Gasteiger partial charge in [-0.1, -0.05) is 24.3 Å². The normalized spacial score (nSPS) is 12.2. The van der Waals surface area contributed by atoms with Gasteiger partial charge < -0.3 is 5.32 Å². The number of carbonyl (C=O) groups excluding carboxylic acids is 1. The van der Waals surface area contributed by atoms with Crippen molar-refractivity contribution in [2.75, 3.05) is 4.72 Å². The fourth-order valence-corrected chi connectivity index (χ4v) is 3.77. The molecule has 0 saturated heterocycles. The summed E-state index contributed by atoms with van der Waals surface area (Å²) in [7, 11) is -3.80. The number of amides is 1. The minimum absolute atomic E-state index is 0.00414. The Morgan fingerprint density at radius 2 is 1.59 bits per heavy atom. The van der Waals surface area contributed by atoms with Crippen LogP contribution in [0.25, 0.3) is 0 Å². The second-order valence-corrected chi connectivity index (χ2v) is 8.04. The molecule has 0 aliphatic heterocycles. The van der Waals surface area contributed by atoms with Crippen LogP contribution < -0.4 is 10.0 Å². The Bertz CT molecular complexity index is 1120. The molecule has 1 amide bonds. The highest BCUT2D eigenvalue weighted by molar-refractivity contribution is 7.92. The zero-order valence-electron chi connectivity index (χ0n) is 15.4. The number of halogens is 2. The standard InChI is InChI=1S/C21H18F2N2O3S/c1-14(19-12-9-16(22)13-20(19)23)24-21(26)15-7-10-18(11-8-15)29(27,28)25-17-5-3-2-4-6-17/h2-14,25H,1H3,(H,24,26)/t14-/m1/s1. The molecule has 0 aliphatic rings. The molecule has 0 saturated carbocycles. The van der Waals surface area contributed by atoms with Gasteiger partial charge in [0.25, 0.3) is 15.9 Å². The summed E-state index contributed by atoms with van der Waals surface area (Å²) in [4.78, 5) is 12.4. The molecule has 5 nitrogen and oxygen atoms in total. The number of para-hydroxylation sites is 1. The smallest absolute Gasteiger partial charge is 0.261 e. The van der Waals surface area contributed by atoms with Crippen LogP contribution in [0.15, 0.2) is 77.7 Å². The van der Waals surface area contributed by atoms with E-state index < -0.39 is 33.6 Å². The van der Waals surface area contributed by atoms with E-state index in [2.05, 4.69) is 10.0 Å². The summed E-state index contributed by atoms with van der Waals surface area (Å²) in [5.74, 6) is -1.97. The summed E-state index contributed by atoms with van der Waals surface area (Å²) in [6, 6.07) is 16.2. The minimum atomic E-state index is -3.80. The van der Waals surface area contributed by atoms with Crippen molar-refractivity contribution in [1.29, 1.82) is 0 Å². The fourth-order valence-electron chi connectivity index (χ4n) is 2.72. The van der Waals surface area contributed by atoms with E-state index in [-0.39, 0.29) is 16.0 Å². The van der Waals surface area contributed by atoms with Crippen LogP contribution >= 0.6 is 0 Å². The van der Waals surface area contributed by atoms with E-state index in [1.54, 1.807) is 37.3 Å². The topological polar surface area (TPSA) is 75.3 Å². The van der Waals surface area contributed by atoms with Crippen molar-refractivity contribution in [2.24, 2.45) is 0 Å². The van der Waals surface area contributed by atoms with E-state index in [0.717, 1.165) is 12.1 Å². The minimum Gasteiger partial charge on any atom is -0.345 e. The molecule has 0 bridgehead atoms. The highest BCUT2D eigenvalue weighted by Gasteiger charge is 2.18. The van der Waals surface area contributed by atoms with Gasteiger partial charge in [-0.15, -0.1) is 0 Å². The van der Waals surface area contributed by atoms with Crippen LogP contribution in [-0.2, 0) is 10.0 Å². The number of nitrogens with one attached hydrogen (secondary N) is 2. The Hall–Kier alpha value is -3.26. The Kier molecular flexibility index (Phi) is 5.93. The Morgan fingerprint density at radius 1 is 0.931 bits per heavy atom. The number of carbonyl (C=O) groups is 1. The van der Waals surface area contributed by atoms with Crippen molar-refractivity contribution >= 4 is 21.6 Å². The average Bonchev–Trinajstić information content (AvgIpc) is 2.68. The molecule has 0 fully saturated rings. The highest BCUT2D eigenvalue weighted by Crippen LogP contribution is 2.19. The van der Waals surface area contributed by atoms with E-state index in [9.17, 15) is 22.0 Å². The molecule has 0 heterocycles. The summed E-state index contributed by atoms with van der Waals surface area (Å²) in [6.07, 6.45) is 0. The lowest BCUT2D eigenvalue weighted by Crippen LogP contribution is -2.27. The van der Waals surface area contributed by atoms with E-state index in [4.69, 9.17) is 0 Å². The van der Waals surface area contributed by atoms with Gasteiger partial charge in [0, 0.05) is 22.9 Å². The van der Waals surface area contributed by atoms with Gasteiger partial charge in [-0.2, -0.15) is 0 Å². The van der Waals surface area contributed by atoms with Crippen LogP contribution in [0.5, 0.6) is 0 Å². The predicted octanol–water partition coefficient (Wildman–Crippen LogP) is 4.26. The third-order valence-electron chi connectivity index (χ3n) is 4.23. The second kappa shape index (κ2) is 8.40. The van der Waals surface area contributed by atoms with Crippen LogP contribution in [0.1, 0.15) is 28.9 Å². The predicted molar refractivity (Wildman–Crippen MR) is 106 cm³/mol. The van der Waals surface area contributed by atoms with E-state index in [1.807, 2.05) is 0 Å². The second-order valence-electron chi connectivity index (χ2n) is 6.36. The number of hydrogen-bond donors (Lipinski definition) is 2. The number of rotatable bonds is 6. The van der Waals surface area contributed by atoms with Crippen LogP contribution in [0.3, 0.4) is 0 Å². The molecule has 0 aliphatic carbocycles. The molecule has 3 aromatic rings. The summed E-state index contributed by atoms with van der Waals surface area (Å²) >= 11 is 0. The van der Waals surface area contributed by atoms with Crippen molar-refractivity contribution < 1.29 is 22.0 Å². The van der Waals surface area contributed by atoms with E-state index in [1.165, 1.54) is 30.3 Å². The maximum absolute atomic E-state index is 13.9. The molecule has 0 spiro atoms. The third kappa shape index (κ3) is 4.97. The first-order valence-corrected chi connectivity index (χ1v) is 10.2. The Balaban J connectivity index is 1.71. The number of anilines is 1. The van der Waals surface area contributed by atoms with Crippen molar-refractivity contribution in [1.82, 2.24) is 5.32 Å². The molecule has 0 unspecified atom stereocenters. The SMILES string of the molecule is C[C@@H](NC(=O)c1ccc(S(=O)(=O)Nc2ccccc2)cc1)c1ccc(F)cc1F. The van der Waals surface area contributed by atoms with Gasteiger partial charge >= 0.3 is 0 Å². The first kappa shape index (κ1) is 20.5. The van der Waals surface area contributed by atoms with Crippen LogP contribution in [0.2, 0.25) is 0 Å². The average molecular weight is 416 g/mol. The van der Waals surface area contributed by atoms with Gasteiger partial charge in [-0.3, -0.25) is 9.52 Å². The van der Waals surface area contributed by atoms with Crippen LogP contribution in [-0.4, -0.2) is 14.3 Å². The van der Waals surface area contributed by atoms with Crippen molar-refractivity contribution in [2.45, 2.75) is 17.9 Å². The molecular formula is C21H18F2N2O3S. The van der Waals surface area contributed by atoms with Crippen LogP contribution in [0.4, 0.5) is 14.5 Å². The zero-order valence-corrected chi connectivity index (χ0v) is 16.2. The summed E-state index contributed by atoms with van der Waals surface area (Å²) < 4.78 is 54.2. The van der Waals surface area contributed by atoms with Gasteiger partial charge in [-0.25, -0.2) is 17.2 Å². The lowest BCUT2D eigenvalue weighted by Gasteiger charge is -2.15. The lowest BCUT2D eigenvalue weighted by atomic mass is 10.1. The molecule has 1 atom stereocenters. The van der Waals surface area contributed by atoms with Crippen molar-refractivity contribution in [3.63, 3.8) is 0 Å². The summed E-state index contributed by atoms with van der Waals surface area (Å²) in [5.41, 5.74) is 0.772. The van der Waals surface area contributed by atoms with Gasteiger partial charge in [0.1, 0.15) is 11.6 Å². The molecule has 29 heavy (non-hydrogen) atoms. The molecule has 0 aromatic heterocycles. The van der Waals surface area contributed by atoms with Gasteiger partial charge in [0.2, 0.25) is 0 Å². The highest BCUT2D eigenvalue weighted by atomic mass is 32.2. The van der Waals surface area contributed by atoms with E-state index >= 15 is 0 Å². The number of sulfonamides is 1. The third-order valence-corrected chi connectivity index (χ3v) is 5.63. The Morgan fingerprint density at radius 3 is 2.21 bits per heavy atom. The molecule has 150 valence electrons. The summed E-state index contributed by atoms with van der Waals surface area (Å²) in [5, 5.41) is 2.60.